The van der Waals surface area contributed by atoms with Crippen LogP contribution in [-0.2, 0) is 9.53 Å². The normalized spacial score (nSPS) is 21.7. The summed E-state index contributed by atoms with van der Waals surface area (Å²) in [6, 6.07) is 0. The molecule has 1 aliphatic heterocycles. The Hall–Kier alpha value is -1.83. The number of hydrogen-bond donors (Lipinski definition) is 2. The maximum Gasteiger partial charge on any atom is 0.408 e. The van der Waals surface area contributed by atoms with Gasteiger partial charge in [-0.15, -0.1) is 11.3 Å². The molecule has 1 saturated heterocycles. The largest absolute Gasteiger partial charge is 0.479 e. The molecule has 0 aromatic carbocycles. The zero-order valence-corrected chi connectivity index (χ0v) is 14.0. The Labute approximate surface area is 133 Å². The average molecular weight is 327 g/mol. The fourth-order valence-corrected chi connectivity index (χ4v) is 3.12. The second-order valence-corrected chi connectivity index (χ2v) is 7.29. The van der Waals surface area contributed by atoms with Crippen molar-refractivity contribution in [2.45, 2.75) is 45.3 Å². The summed E-state index contributed by atoms with van der Waals surface area (Å²) in [4.78, 5) is 29.9. The Balaban J connectivity index is 2.11. The van der Waals surface area contributed by atoms with E-state index in [0.29, 0.717) is 13.0 Å². The summed E-state index contributed by atoms with van der Waals surface area (Å²) in [6.45, 7) is 7.79. The van der Waals surface area contributed by atoms with Gasteiger partial charge >= 0.3 is 12.1 Å². The summed E-state index contributed by atoms with van der Waals surface area (Å²) in [5.74, 6) is -1.06. The number of ether oxygens (including phenoxy) is 1. The second-order valence-electron chi connectivity index (χ2n) is 6.46. The van der Waals surface area contributed by atoms with Gasteiger partial charge in [-0.3, -0.25) is 0 Å². The number of anilines is 1. The first-order valence-electron chi connectivity index (χ1n) is 7.03. The highest BCUT2D eigenvalue weighted by molar-refractivity contribution is 7.13. The Morgan fingerprint density at radius 3 is 2.68 bits per heavy atom. The van der Waals surface area contributed by atoms with Crippen molar-refractivity contribution in [1.29, 1.82) is 0 Å². The van der Waals surface area contributed by atoms with E-state index in [9.17, 15) is 14.7 Å². The molecule has 0 radical (unpaired) electrons. The highest BCUT2D eigenvalue weighted by atomic mass is 32.1. The first kappa shape index (κ1) is 16.5. The number of carbonyl (C=O) groups excluding carboxylic acids is 1. The van der Waals surface area contributed by atoms with Crippen LogP contribution in [0.4, 0.5) is 9.93 Å². The average Bonchev–Trinajstić information content (AvgIpc) is 2.94. The molecule has 1 unspecified atom stereocenters. The van der Waals surface area contributed by atoms with Gasteiger partial charge in [-0.05, 0) is 27.7 Å². The molecule has 0 spiro atoms. The molecule has 7 nitrogen and oxygen atoms in total. The first-order valence-corrected chi connectivity index (χ1v) is 7.91. The highest BCUT2D eigenvalue weighted by Crippen LogP contribution is 2.29. The number of nitrogens with zero attached hydrogens (tertiary/aromatic N) is 2. The summed E-state index contributed by atoms with van der Waals surface area (Å²) in [7, 11) is 0. The van der Waals surface area contributed by atoms with Crippen LogP contribution in [0.15, 0.2) is 5.38 Å². The molecule has 8 heteroatoms. The zero-order valence-electron chi connectivity index (χ0n) is 13.2. The molecule has 2 heterocycles. The summed E-state index contributed by atoms with van der Waals surface area (Å²) in [5, 5.41) is 14.8. The van der Waals surface area contributed by atoms with E-state index in [2.05, 4.69) is 10.3 Å². The van der Waals surface area contributed by atoms with Gasteiger partial charge in [0.25, 0.3) is 0 Å². The lowest BCUT2D eigenvalue weighted by Crippen LogP contribution is -2.57. The van der Waals surface area contributed by atoms with Crippen LogP contribution in [0.2, 0.25) is 0 Å². The third-order valence-corrected chi connectivity index (χ3v) is 4.32. The van der Waals surface area contributed by atoms with Crippen LogP contribution in [0.25, 0.3) is 0 Å². The van der Waals surface area contributed by atoms with E-state index in [-0.39, 0.29) is 6.54 Å². The first-order chi connectivity index (χ1) is 10.1. The van der Waals surface area contributed by atoms with Gasteiger partial charge in [0, 0.05) is 18.3 Å². The predicted octanol–water partition coefficient (Wildman–Crippen LogP) is 2.01. The van der Waals surface area contributed by atoms with E-state index in [4.69, 9.17) is 4.74 Å². The van der Waals surface area contributed by atoms with Gasteiger partial charge in [-0.1, -0.05) is 0 Å². The number of carboxylic acid groups (broad SMARTS) is 1. The molecule has 1 fully saturated rings. The highest BCUT2D eigenvalue weighted by Gasteiger charge is 2.47. The lowest BCUT2D eigenvalue weighted by molar-refractivity contribution is -0.143. The summed E-state index contributed by atoms with van der Waals surface area (Å²) < 4.78 is 5.17. The summed E-state index contributed by atoms with van der Waals surface area (Å²) in [6.07, 6.45) is -0.410. The number of aromatic nitrogens is 1. The molecule has 0 saturated carbocycles. The fraction of sp³-hybridized carbons (Fsp3) is 0.643. The quantitative estimate of drug-likeness (QED) is 0.882. The van der Waals surface area contributed by atoms with Gasteiger partial charge in [0.05, 0.1) is 12.2 Å². The van der Waals surface area contributed by atoms with Gasteiger partial charge in [0.2, 0.25) is 0 Å². The molecular weight excluding hydrogens is 306 g/mol. The number of carbonyl (C=O) groups is 2. The van der Waals surface area contributed by atoms with Gasteiger partial charge in [0.1, 0.15) is 5.60 Å². The minimum Gasteiger partial charge on any atom is -0.479 e. The van der Waals surface area contributed by atoms with Crippen molar-refractivity contribution in [2.24, 2.45) is 0 Å². The summed E-state index contributed by atoms with van der Waals surface area (Å²) in [5.41, 5.74) is -1.12. The maximum absolute atomic E-state index is 11.9. The van der Waals surface area contributed by atoms with Crippen LogP contribution in [-0.4, -0.2) is 46.4 Å². The van der Waals surface area contributed by atoms with Crippen molar-refractivity contribution in [1.82, 2.24) is 10.3 Å². The van der Waals surface area contributed by atoms with Gasteiger partial charge in [-0.2, -0.15) is 0 Å². The van der Waals surface area contributed by atoms with Crippen LogP contribution in [0.5, 0.6) is 0 Å². The van der Waals surface area contributed by atoms with Crippen LogP contribution < -0.4 is 10.2 Å². The van der Waals surface area contributed by atoms with Crippen molar-refractivity contribution in [3.05, 3.63) is 11.1 Å². The minimum absolute atomic E-state index is 0.175. The van der Waals surface area contributed by atoms with Crippen molar-refractivity contribution < 1.29 is 19.4 Å². The van der Waals surface area contributed by atoms with Crippen LogP contribution in [0, 0.1) is 6.92 Å². The Bertz CT molecular complexity index is 581. The molecule has 2 N–H and O–H groups in total. The van der Waals surface area contributed by atoms with Crippen LogP contribution in [0.1, 0.15) is 32.9 Å². The van der Waals surface area contributed by atoms with Crippen LogP contribution in [0.3, 0.4) is 0 Å². The van der Waals surface area contributed by atoms with Crippen LogP contribution >= 0.6 is 11.3 Å². The number of nitrogens with one attached hydrogen (secondary N) is 1. The van der Waals surface area contributed by atoms with E-state index in [1.54, 1.807) is 20.8 Å². The molecular formula is C14H21N3O4S. The molecule has 0 bridgehead atoms. The number of amides is 1. The second kappa shape index (κ2) is 5.75. The van der Waals surface area contributed by atoms with E-state index in [0.717, 1.165) is 10.8 Å². The number of aliphatic carboxylic acids is 1. The molecule has 0 aliphatic carbocycles. The Morgan fingerprint density at radius 1 is 1.50 bits per heavy atom. The zero-order chi connectivity index (χ0) is 16.5. The van der Waals surface area contributed by atoms with Crippen molar-refractivity contribution >= 4 is 28.5 Å². The SMILES string of the molecule is Cc1csc(N2CCC(NC(=O)OC(C)(C)C)(C(=O)O)C2)n1. The van der Waals surface area contributed by atoms with Gasteiger partial charge in [0.15, 0.2) is 10.7 Å². The number of alkyl carbamates (subject to hydrolysis) is 1. The lowest BCUT2D eigenvalue weighted by Gasteiger charge is -2.28. The number of rotatable bonds is 3. The molecule has 2 rings (SSSR count). The standard InChI is InChI=1S/C14H21N3O4S/c1-9-7-22-11(15-9)17-6-5-14(8-17,10(18)19)16-12(20)21-13(2,3)4/h7H,5-6,8H2,1-4H3,(H,16,20)(H,18,19). The van der Waals surface area contributed by atoms with E-state index in [1.807, 2.05) is 17.2 Å². The lowest BCUT2D eigenvalue weighted by atomic mass is 9.99. The molecule has 1 amide bonds. The molecule has 1 atom stereocenters. The number of hydrogen-bond acceptors (Lipinski definition) is 6. The molecule has 1 aromatic rings. The molecule has 122 valence electrons. The van der Waals surface area contributed by atoms with Gasteiger partial charge in [-0.25, -0.2) is 14.6 Å². The molecule has 1 aromatic heterocycles. The van der Waals surface area contributed by atoms with Crippen molar-refractivity contribution in [2.75, 3.05) is 18.0 Å². The molecule has 1 aliphatic rings. The van der Waals surface area contributed by atoms with Crippen molar-refractivity contribution in [3.63, 3.8) is 0 Å². The number of aryl methyl sites for hydroxylation is 1. The van der Waals surface area contributed by atoms with Crippen molar-refractivity contribution in [3.8, 4) is 0 Å². The monoisotopic (exact) mass is 327 g/mol. The van der Waals surface area contributed by atoms with E-state index >= 15 is 0 Å². The smallest absolute Gasteiger partial charge is 0.408 e. The molecule has 22 heavy (non-hydrogen) atoms. The third kappa shape index (κ3) is 3.68. The number of thiazole rings is 1. The minimum atomic E-state index is -1.35. The topological polar surface area (TPSA) is 91.8 Å². The van der Waals surface area contributed by atoms with Gasteiger partial charge < -0.3 is 20.1 Å². The van der Waals surface area contributed by atoms with E-state index < -0.39 is 23.2 Å². The summed E-state index contributed by atoms with van der Waals surface area (Å²) >= 11 is 1.47. The van der Waals surface area contributed by atoms with E-state index in [1.165, 1.54) is 11.3 Å². The maximum atomic E-state index is 11.9. The number of carboxylic acids is 1. The predicted molar refractivity (Wildman–Crippen MR) is 83.4 cm³/mol. The Morgan fingerprint density at radius 2 is 2.18 bits per heavy atom. The fourth-order valence-electron chi connectivity index (χ4n) is 2.29. The third-order valence-electron chi connectivity index (χ3n) is 3.30. The Kier molecular flexibility index (Phi) is 4.32.